The zero-order valence-electron chi connectivity index (χ0n) is 17.2. The Morgan fingerprint density at radius 2 is 1.69 bits per heavy atom. The van der Waals surface area contributed by atoms with Gasteiger partial charge in [0.2, 0.25) is 0 Å². The van der Waals surface area contributed by atoms with Crippen LogP contribution in [0.3, 0.4) is 0 Å². The predicted octanol–water partition coefficient (Wildman–Crippen LogP) is 3.91. The van der Waals surface area contributed by atoms with E-state index in [-0.39, 0.29) is 33.0 Å². The predicted molar refractivity (Wildman–Crippen MR) is 116 cm³/mol. The molecule has 3 rings (SSSR count). The molecule has 0 saturated carbocycles. The first-order valence-corrected chi connectivity index (χ1v) is 9.55. The zero-order chi connectivity index (χ0) is 23.6. The summed E-state index contributed by atoms with van der Waals surface area (Å²) in [6.45, 7) is 1.56. The topological polar surface area (TPSA) is 116 Å². The summed E-state index contributed by atoms with van der Waals surface area (Å²) in [5.74, 6) is -1.85. The van der Waals surface area contributed by atoms with E-state index in [1.54, 1.807) is 6.92 Å². The molecule has 0 saturated heterocycles. The minimum atomic E-state index is -0.752. The van der Waals surface area contributed by atoms with Crippen LogP contribution >= 0.6 is 11.6 Å². The molecule has 0 N–H and O–H groups in total. The van der Waals surface area contributed by atoms with Crippen molar-refractivity contribution < 1.29 is 28.8 Å². The van der Waals surface area contributed by atoms with Gasteiger partial charge in [-0.05, 0) is 43.3 Å². The molecular formula is C22H17ClN2O7. The van der Waals surface area contributed by atoms with Gasteiger partial charge >= 0.3 is 11.9 Å². The number of ether oxygens (including phenoxy) is 2. The second kappa shape index (κ2) is 9.03. The van der Waals surface area contributed by atoms with Crippen molar-refractivity contribution in [3.05, 3.63) is 85.6 Å². The van der Waals surface area contributed by atoms with Gasteiger partial charge in [0.05, 0.1) is 35.9 Å². The zero-order valence-corrected chi connectivity index (χ0v) is 18.0. The molecule has 32 heavy (non-hydrogen) atoms. The van der Waals surface area contributed by atoms with E-state index < -0.39 is 22.8 Å². The third-order valence-corrected chi connectivity index (χ3v) is 5.17. The van der Waals surface area contributed by atoms with Gasteiger partial charge in [0, 0.05) is 34.1 Å². The molecule has 2 aromatic carbocycles. The summed E-state index contributed by atoms with van der Waals surface area (Å²) >= 11 is 6.17. The lowest BCUT2D eigenvalue weighted by atomic mass is 10.0. The van der Waals surface area contributed by atoms with Crippen LogP contribution in [0.2, 0.25) is 5.02 Å². The summed E-state index contributed by atoms with van der Waals surface area (Å²) < 4.78 is 9.51. The van der Waals surface area contributed by atoms with E-state index in [0.717, 1.165) is 0 Å². The van der Waals surface area contributed by atoms with Crippen LogP contribution in [0.5, 0.6) is 0 Å². The molecule has 0 bridgehead atoms. The van der Waals surface area contributed by atoms with Crippen LogP contribution in [0.4, 0.5) is 11.4 Å². The van der Waals surface area contributed by atoms with Crippen LogP contribution in [-0.2, 0) is 19.1 Å². The van der Waals surface area contributed by atoms with Crippen molar-refractivity contribution in [2.75, 3.05) is 19.1 Å². The molecule has 1 aliphatic heterocycles. The Labute approximate surface area is 187 Å². The Morgan fingerprint density at radius 1 is 1.06 bits per heavy atom. The lowest BCUT2D eigenvalue weighted by molar-refractivity contribution is -0.384. The third kappa shape index (κ3) is 4.10. The minimum Gasteiger partial charge on any atom is -0.465 e. The molecule has 9 nitrogen and oxygen atoms in total. The van der Waals surface area contributed by atoms with Crippen molar-refractivity contribution >= 4 is 46.9 Å². The van der Waals surface area contributed by atoms with Gasteiger partial charge in [-0.3, -0.25) is 19.8 Å². The lowest BCUT2D eigenvalue weighted by Crippen LogP contribution is -2.24. The van der Waals surface area contributed by atoms with Crippen molar-refractivity contribution in [1.29, 1.82) is 0 Å². The molecule has 10 heteroatoms. The molecule has 0 aromatic heterocycles. The highest BCUT2D eigenvalue weighted by atomic mass is 35.5. The summed E-state index contributed by atoms with van der Waals surface area (Å²) in [4.78, 5) is 49.3. The van der Waals surface area contributed by atoms with Crippen LogP contribution in [0, 0.1) is 10.1 Å². The average molecular weight is 457 g/mol. The lowest BCUT2D eigenvalue weighted by Gasteiger charge is -2.18. The quantitative estimate of drug-likeness (QED) is 0.290. The number of methoxy groups -OCH3 is 2. The Balaban J connectivity index is 2.13. The largest absolute Gasteiger partial charge is 0.465 e. The summed E-state index contributed by atoms with van der Waals surface area (Å²) in [5.41, 5.74) is 0.918. The summed E-state index contributed by atoms with van der Waals surface area (Å²) in [6, 6.07) is 9.82. The fourth-order valence-corrected chi connectivity index (χ4v) is 3.44. The SMILES string of the molecule is COC(=O)C1=C(C)N(c2ccc(C(=O)OC)cc2)C(=O)C1=Cc1cc([N+](=O)[O-])ccc1Cl. The van der Waals surface area contributed by atoms with Gasteiger partial charge in [0.15, 0.2) is 0 Å². The fraction of sp³-hybridized carbons (Fsp3) is 0.136. The number of carbonyl (C=O) groups excluding carboxylic acids is 3. The molecule has 1 heterocycles. The smallest absolute Gasteiger partial charge is 0.340 e. The van der Waals surface area contributed by atoms with Crippen molar-refractivity contribution in [3.63, 3.8) is 0 Å². The number of rotatable bonds is 5. The molecule has 0 atom stereocenters. The van der Waals surface area contributed by atoms with Crippen molar-refractivity contribution in [3.8, 4) is 0 Å². The number of non-ortho nitro benzene ring substituents is 1. The molecule has 2 aromatic rings. The number of benzene rings is 2. The van der Waals surface area contributed by atoms with Gasteiger partial charge in [-0.25, -0.2) is 9.59 Å². The highest BCUT2D eigenvalue weighted by Gasteiger charge is 2.38. The summed E-state index contributed by atoms with van der Waals surface area (Å²) in [6.07, 6.45) is 1.32. The fourth-order valence-electron chi connectivity index (χ4n) is 3.27. The maximum absolute atomic E-state index is 13.3. The third-order valence-electron chi connectivity index (χ3n) is 4.83. The number of amides is 1. The number of esters is 2. The van der Waals surface area contributed by atoms with Crippen molar-refractivity contribution in [2.45, 2.75) is 6.92 Å². The number of nitro benzene ring substituents is 1. The van der Waals surface area contributed by atoms with Crippen LogP contribution in [0.25, 0.3) is 6.08 Å². The second-order valence-electron chi connectivity index (χ2n) is 6.65. The normalized spacial score (nSPS) is 14.7. The van der Waals surface area contributed by atoms with Gasteiger partial charge in [0.25, 0.3) is 11.6 Å². The maximum Gasteiger partial charge on any atom is 0.340 e. The van der Waals surface area contributed by atoms with Gasteiger partial charge in [0.1, 0.15) is 0 Å². The van der Waals surface area contributed by atoms with Gasteiger partial charge in [-0.15, -0.1) is 0 Å². The molecular weight excluding hydrogens is 440 g/mol. The number of hydrogen-bond donors (Lipinski definition) is 0. The second-order valence-corrected chi connectivity index (χ2v) is 7.06. The first-order chi connectivity index (χ1) is 15.2. The van der Waals surface area contributed by atoms with Crippen LogP contribution < -0.4 is 4.90 Å². The van der Waals surface area contributed by atoms with Gasteiger partial charge in [-0.2, -0.15) is 0 Å². The van der Waals surface area contributed by atoms with E-state index in [0.29, 0.717) is 11.4 Å². The highest BCUT2D eigenvalue weighted by molar-refractivity contribution is 6.32. The minimum absolute atomic E-state index is 0.00267. The van der Waals surface area contributed by atoms with E-state index >= 15 is 0 Å². The number of allylic oxidation sites excluding steroid dienone is 1. The Morgan fingerprint density at radius 3 is 2.25 bits per heavy atom. The Kier molecular flexibility index (Phi) is 6.40. The average Bonchev–Trinajstić information content (AvgIpc) is 3.03. The molecule has 0 radical (unpaired) electrons. The van der Waals surface area contributed by atoms with Crippen molar-refractivity contribution in [2.24, 2.45) is 0 Å². The number of anilines is 1. The van der Waals surface area contributed by atoms with E-state index in [9.17, 15) is 24.5 Å². The van der Waals surface area contributed by atoms with Gasteiger partial charge in [-0.1, -0.05) is 11.6 Å². The highest BCUT2D eigenvalue weighted by Crippen LogP contribution is 2.36. The number of hydrogen-bond acceptors (Lipinski definition) is 7. The number of carbonyl (C=O) groups is 3. The first kappa shape index (κ1) is 22.7. The maximum atomic E-state index is 13.3. The number of nitrogens with zero attached hydrogens (tertiary/aromatic N) is 2. The summed E-state index contributed by atoms with van der Waals surface area (Å²) in [7, 11) is 2.44. The van der Waals surface area contributed by atoms with Crippen LogP contribution in [0.1, 0.15) is 22.8 Å². The molecule has 1 amide bonds. The molecule has 0 unspecified atom stereocenters. The molecule has 0 fully saturated rings. The Hall–Kier alpha value is -3.98. The van der Waals surface area contributed by atoms with Crippen molar-refractivity contribution in [1.82, 2.24) is 0 Å². The van der Waals surface area contributed by atoms with Crippen LogP contribution in [-0.4, -0.2) is 37.0 Å². The van der Waals surface area contributed by atoms with E-state index in [1.165, 1.54) is 67.7 Å². The number of halogens is 1. The molecule has 164 valence electrons. The number of nitro groups is 1. The van der Waals surface area contributed by atoms with E-state index in [1.807, 2.05) is 0 Å². The Bertz CT molecular complexity index is 1200. The van der Waals surface area contributed by atoms with E-state index in [2.05, 4.69) is 4.74 Å². The standard InChI is InChI=1S/C22H17ClN2O7/c1-12-19(22(28)32-3)17(11-14-10-16(25(29)30)8-9-18(14)23)20(26)24(12)15-6-4-13(5-7-15)21(27)31-2/h4-11H,1-3H3. The van der Waals surface area contributed by atoms with Crippen LogP contribution in [0.15, 0.2) is 59.3 Å². The van der Waals surface area contributed by atoms with E-state index in [4.69, 9.17) is 16.3 Å². The molecule has 1 aliphatic rings. The molecule has 0 aliphatic carbocycles. The van der Waals surface area contributed by atoms with Gasteiger partial charge < -0.3 is 9.47 Å². The molecule has 0 spiro atoms. The summed E-state index contributed by atoms with van der Waals surface area (Å²) in [5, 5.41) is 11.3. The first-order valence-electron chi connectivity index (χ1n) is 9.17. The monoisotopic (exact) mass is 456 g/mol.